The lowest BCUT2D eigenvalue weighted by atomic mass is 10.1. The summed E-state index contributed by atoms with van der Waals surface area (Å²) in [6, 6.07) is 27.4. The SMILES string of the molecule is O=c1cc(-c2ccc3[nH]ccc3c2)nc2ccc(N3CCNCC3)cn12.O=c1cc(-c2ccc3cc[nH]c3c2)nc2ccc(N3CCNCC3)cn12. The third-order valence-corrected chi connectivity index (χ3v) is 9.95. The highest BCUT2D eigenvalue weighted by atomic mass is 16.1. The third-order valence-electron chi connectivity index (χ3n) is 9.95. The van der Waals surface area contributed by atoms with Crippen LogP contribution in [0.5, 0.6) is 0 Å². The van der Waals surface area contributed by atoms with E-state index in [2.05, 4.69) is 36.5 Å². The number of H-pyrrole nitrogens is 2. The molecule has 2 aromatic carbocycles. The summed E-state index contributed by atoms with van der Waals surface area (Å²) in [5.41, 5.74) is 8.73. The summed E-state index contributed by atoms with van der Waals surface area (Å²) in [6.45, 7) is 7.64. The molecule has 8 aromatic rings. The van der Waals surface area contributed by atoms with Crippen LogP contribution in [0.4, 0.5) is 11.4 Å². The smallest absolute Gasteiger partial charge is 0.258 e. The van der Waals surface area contributed by atoms with Gasteiger partial charge in [0.25, 0.3) is 11.1 Å². The second-order valence-corrected chi connectivity index (χ2v) is 13.2. The molecule has 0 atom stereocenters. The second-order valence-electron chi connectivity index (χ2n) is 13.2. The number of nitrogens with zero attached hydrogens (tertiary/aromatic N) is 6. The van der Waals surface area contributed by atoms with E-state index in [9.17, 15) is 9.59 Å². The molecule has 12 nitrogen and oxygen atoms in total. The van der Waals surface area contributed by atoms with Crippen molar-refractivity contribution in [2.75, 3.05) is 62.2 Å². The lowest BCUT2D eigenvalue weighted by Gasteiger charge is -2.29. The molecule has 0 unspecified atom stereocenters. The van der Waals surface area contributed by atoms with Crippen LogP contribution in [0.3, 0.4) is 0 Å². The first-order valence-corrected chi connectivity index (χ1v) is 17.7. The Labute approximate surface area is 298 Å². The van der Waals surface area contributed by atoms with Gasteiger partial charge in [-0.2, -0.15) is 0 Å². The number of pyridine rings is 2. The van der Waals surface area contributed by atoms with Gasteiger partial charge in [0.05, 0.1) is 22.8 Å². The number of hydrogen-bond donors (Lipinski definition) is 4. The quantitative estimate of drug-likeness (QED) is 0.213. The van der Waals surface area contributed by atoms with Gasteiger partial charge in [-0.3, -0.25) is 18.4 Å². The number of benzene rings is 2. The molecule has 6 aromatic heterocycles. The number of rotatable bonds is 4. The molecule has 0 amide bonds. The largest absolute Gasteiger partial charge is 0.368 e. The van der Waals surface area contributed by atoms with Crippen molar-refractivity contribution < 1.29 is 0 Å². The topological polar surface area (TPSA) is 131 Å². The Bertz CT molecular complexity index is 2490. The standard InChI is InChI=1S/2C20H19N5O/c26-20-12-18(14-1-3-17-15(11-14)5-6-22-17)23-19-4-2-16(13-25(19)20)24-9-7-21-8-10-24;26-20-12-18(15-2-1-14-5-6-22-17(14)11-15)23-19-4-3-16(13-25(19)20)24-9-7-21-8-10-24/h2*1-6,11-13,21-22H,7-10H2. The van der Waals surface area contributed by atoms with Crippen LogP contribution in [0.2, 0.25) is 0 Å². The maximum atomic E-state index is 12.7. The van der Waals surface area contributed by atoms with Gasteiger partial charge in [0, 0.05) is 117 Å². The van der Waals surface area contributed by atoms with Crippen LogP contribution in [0.15, 0.2) is 119 Å². The average Bonchev–Trinajstić information content (AvgIpc) is 3.88. The molecular weight excluding hydrogens is 653 g/mol. The first kappa shape index (κ1) is 31.7. The number of aromatic amines is 2. The Hall–Kier alpha value is -6.24. The molecule has 2 fully saturated rings. The second kappa shape index (κ2) is 13.5. The lowest BCUT2D eigenvalue weighted by molar-refractivity contribution is 0.588. The van der Waals surface area contributed by atoms with Crippen molar-refractivity contribution in [2.45, 2.75) is 0 Å². The van der Waals surface area contributed by atoms with Crippen molar-refractivity contribution in [1.82, 2.24) is 39.4 Å². The molecule has 0 aliphatic carbocycles. The predicted molar refractivity (Wildman–Crippen MR) is 208 cm³/mol. The van der Waals surface area contributed by atoms with E-state index in [1.165, 1.54) is 0 Å². The Kier molecular flexibility index (Phi) is 8.22. The highest BCUT2D eigenvalue weighted by molar-refractivity contribution is 5.85. The molecule has 2 aliphatic rings. The van der Waals surface area contributed by atoms with Crippen molar-refractivity contribution in [3.8, 4) is 22.5 Å². The van der Waals surface area contributed by atoms with Gasteiger partial charge in [-0.25, -0.2) is 9.97 Å². The van der Waals surface area contributed by atoms with E-state index in [4.69, 9.17) is 9.97 Å². The number of piperazine rings is 2. The number of anilines is 2. The van der Waals surface area contributed by atoms with Crippen LogP contribution in [0.25, 0.3) is 55.6 Å². The number of hydrogen-bond acceptors (Lipinski definition) is 8. The van der Waals surface area contributed by atoms with Gasteiger partial charge < -0.3 is 30.4 Å². The molecule has 4 N–H and O–H groups in total. The van der Waals surface area contributed by atoms with E-state index in [0.29, 0.717) is 22.7 Å². The number of nitrogens with one attached hydrogen (secondary N) is 4. The zero-order valence-corrected chi connectivity index (χ0v) is 28.5. The van der Waals surface area contributed by atoms with E-state index in [-0.39, 0.29) is 11.1 Å². The van der Waals surface area contributed by atoms with Gasteiger partial charge in [0.15, 0.2) is 0 Å². The summed E-state index contributed by atoms with van der Waals surface area (Å²) in [5.74, 6) is 0. The highest BCUT2D eigenvalue weighted by Crippen LogP contribution is 2.24. The highest BCUT2D eigenvalue weighted by Gasteiger charge is 2.14. The molecule has 10 rings (SSSR count). The summed E-state index contributed by atoms with van der Waals surface area (Å²) in [7, 11) is 0. The number of aromatic nitrogens is 6. The number of fused-ring (bicyclic) bond motifs is 4. The fourth-order valence-corrected chi connectivity index (χ4v) is 7.12. The van der Waals surface area contributed by atoms with Crippen molar-refractivity contribution >= 4 is 44.5 Å². The van der Waals surface area contributed by atoms with Crippen LogP contribution in [0, 0.1) is 0 Å². The summed E-state index contributed by atoms with van der Waals surface area (Å²) in [6.07, 6.45) is 7.62. The fraction of sp³-hybridized carbons (Fsp3) is 0.200. The molecule has 0 bridgehead atoms. The molecule has 0 saturated carbocycles. The maximum absolute atomic E-state index is 12.7. The molecule has 2 saturated heterocycles. The van der Waals surface area contributed by atoms with E-state index < -0.39 is 0 Å². The summed E-state index contributed by atoms with van der Waals surface area (Å²) < 4.78 is 3.27. The maximum Gasteiger partial charge on any atom is 0.258 e. The minimum absolute atomic E-state index is 0.0591. The molecule has 0 radical (unpaired) electrons. The molecule has 260 valence electrons. The first-order valence-electron chi connectivity index (χ1n) is 17.7. The molecule has 12 heteroatoms. The predicted octanol–water partition coefficient (Wildman–Crippen LogP) is 4.50. The monoisotopic (exact) mass is 690 g/mol. The van der Waals surface area contributed by atoms with Crippen molar-refractivity contribution in [1.29, 1.82) is 0 Å². The third kappa shape index (κ3) is 6.18. The van der Waals surface area contributed by atoms with Gasteiger partial charge in [-0.15, -0.1) is 0 Å². The summed E-state index contributed by atoms with van der Waals surface area (Å²) in [4.78, 5) is 45.8. The van der Waals surface area contributed by atoms with Gasteiger partial charge in [0.1, 0.15) is 11.3 Å². The Morgan fingerprint density at radius 3 is 1.62 bits per heavy atom. The zero-order valence-electron chi connectivity index (χ0n) is 28.5. The zero-order chi connectivity index (χ0) is 35.0. The summed E-state index contributed by atoms with van der Waals surface area (Å²) >= 11 is 0. The Morgan fingerprint density at radius 1 is 0.500 bits per heavy atom. The van der Waals surface area contributed by atoms with Crippen LogP contribution in [0.1, 0.15) is 0 Å². The average molecular weight is 691 g/mol. The van der Waals surface area contributed by atoms with Crippen molar-refractivity contribution in [2.24, 2.45) is 0 Å². The van der Waals surface area contributed by atoms with Gasteiger partial charge in [-0.05, 0) is 60.0 Å². The van der Waals surface area contributed by atoms with Crippen molar-refractivity contribution in [3.05, 3.63) is 130 Å². The van der Waals surface area contributed by atoms with Crippen LogP contribution < -0.4 is 31.6 Å². The van der Waals surface area contributed by atoms with Crippen LogP contribution >= 0.6 is 0 Å². The lowest BCUT2D eigenvalue weighted by Crippen LogP contribution is -2.43. The normalized spacial score (nSPS) is 15.0. The Morgan fingerprint density at radius 2 is 1.02 bits per heavy atom. The van der Waals surface area contributed by atoms with Crippen LogP contribution in [-0.2, 0) is 0 Å². The fourth-order valence-electron chi connectivity index (χ4n) is 7.12. The minimum Gasteiger partial charge on any atom is -0.368 e. The minimum atomic E-state index is -0.0615. The molecule has 52 heavy (non-hydrogen) atoms. The molecule has 2 aliphatic heterocycles. The molecular formula is C40H38N10O2. The van der Waals surface area contributed by atoms with Crippen LogP contribution in [-0.4, -0.2) is 81.1 Å². The Balaban J connectivity index is 0.000000138. The first-order chi connectivity index (χ1) is 25.6. The summed E-state index contributed by atoms with van der Waals surface area (Å²) in [5, 5.41) is 8.94. The van der Waals surface area contributed by atoms with Gasteiger partial charge in [0.2, 0.25) is 0 Å². The molecule has 8 heterocycles. The van der Waals surface area contributed by atoms with E-state index in [0.717, 1.165) is 96.7 Å². The van der Waals surface area contributed by atoms with E-state index >= 15 is 0 Å². The van der Waals surface area contributed by atoms with Gasteiger partial charge in [-0.1, -0.05) is 18.2 Å². The van der Waals surface area contributed by atoms with E-state index in [1.54, 1.807) is 20.9 Å². The van der Waals surface area contributed by atoms with Gasteiger partial charge >= 0.3 is 0 Å². The van der Waals surface area contributed by atoms with E-state index in [1.807, 2.05) is 91.5 Å². The van der Waals surface area contributed by atoms with Crippen molar-refractivity contribution in [3.63, 3.8) is 0 Å². The molecule has 0 spiro atoms.